The molecule has 3 aromatic rings. The van der Waals surface area contributed by atoms with Crippen LogP contribution < -0.4 is 0 Å². The van der Waals surface area contributed by atoms with Crippen LogP contribution in [0.25, 0.3) is 22.0 Å². The molecule has 3 heterocycles. The molecule has 148 valence electrons. The van der Waals surface area contributed by atoms with Crippen LogP contribution in [0.1, 0.15) is 23.7 Å². The number of nitrogens with zero attached hydrogens (tertiary/aromatic N) is 2. The summed E-state index contributed by atoms with van der Waals surface area (Å²) in [5.41, 5.74) is 4.08. The lowest BCUT2D eigenvalue weighted by molar-refractivity contribution is -0.130. The zero-order valence-corrected chi connectivity index (χ0v) is 16.6. The molecular formula is C24H25N3O2. The second kappa shape index (κ2) is 7.07. The standard InChI is InChI=1S/C24H25N3O2/c1-2-23(28)26-12-20-14-27(15-21(20)13-26)24(29)18-6-3-16(4-7-18)19-8-5-17-9-10-25-22(17)11-19/h3-11,20-21,25H,2,12-15H2,1H3. The van der Waals surface area contributed by atoms with Crippen LogP contribution >= 0.6 is 0 Å². The fourth-order valence-corrected chi connectivity index (χ4v) is 4.80. The van der Waals surface area contributed by atoms with E-state index < -0.39 is 0 Å². The number of benzene rings is 2. The van der Waals surface area contributed by atoms with Gasteiger partial charge >= 0.3 is 0 Å². The Labute approximate surface area is 170 Å². The third kappa shape index (κ3) is 3.20. The molecule has 2 aliphatic rings. The Morgan fingerprint density at radius 1 is 0.897 bits per heavy atom. The summed E-state index contributed by atoms with van der Waals surface area (Å²) in [6, 6.07) is 16.3. The first-order chi connectivity index (χ1) is 14.1. The number of aromatic amines is 1. The van der Waals surface area contributed by atoms with Gasteiger partial charge in [-0.15, -0.1) is 0 Å². The van der Waals surface area contributed by atoms with Gasteiger partial charge < -0.3 is 14.8 Å². The Morgan fingerprint density at radius 3 is 2.24 bits per heavy atom. The normalized spacial score (nSPS) is 21.0. The van der Waals surface area contributed by atoms with E-state index in [0.717, 1.165) is 48.4 Å². The van der Waals surface area contributed by atoms with Crippen molar-refractivity contribution in [1.29, 1.82) is 0 Å². The zero-order chi connectivity index (χ0) is 20.0. The van der Waals surface area contributed by atoms with Gasteiger partial charge in [-0.1, -0.05) is 31.2 Å². The van der Waals surface area contributed by atoms with Gasteiger partial charge in [0.1, 0.15) is 0 Å². The van der Waals surface area contributed by atoms with Crippen LogP contribution in [0.5, 0.6) is 0 Å². The van der Waals surface area contributed by atoms with Crippen LogP contribution in [0.2, 0.25) is 0 Å². The highest BCUT2D eigenvalue weighted by Gasteiger charge is 2.42. The molecule has 2 aliphatic heterocycles. The zero-order valence-electron chi connectivity index (χ0n) is 16.6. The average molecular weight is 387 g/mol. The number of aromatic nitrogens is 1. The molecule has 5 heteroatoms. The van der Waals surface area contributed by atoms with Crippen LogP contribution in [0.3, 0.4) is 0 Å². The number of hydrogen-bond acceptors (Lipinski definition) is 2. The number of likely N-dealkylation sites (tertiary alicyclic amines) is 2. The van der Waals surface area contributed by atoms with Gasteiger partial charge in [-0.05, 0) is 40.8 Å². The molecule has 1 aromatic heterocycles. The minimum atomic E-state index is 0.0964. The molecule has 2 saturated heterocycles. The summed E-state index contributed by atoms with van der Waals surface area (Å²) in [5, 5.41) is 1.19. The highest BCUT2D eigenvalue weighted by molar-refractivity contribution is 5.95. The molecule has 0 spiro atoms. The first-order valence-corrected chi connectivity index (χ1v) is 10.4. The molecule has 5 rings (SSSR count). The van der Waals surface area contributed by atoms with E-state index in [9.17, 15) is 9.59 Å². The molecule has 0 saturated carbocycles. The maximum atomic E-state index is 13.0. The molecule has 0 radical (unpaired) electrons. The maximum absolute atomic E-state index is 13.0. The first-order valence-electron chi connectivity index (χ1n) is 10.4. The monoisotopic (exact) mass is 387 g/mol. The molecule has 2 atom stereocenters. The van der Waals surface area contributed by atoms with Crippen molar-refractivity contribution in [3.63, 3.8) is 0 Å². The SMILES string of the molecule is CCC(=O)N1CC2CN(C(=O)c3ccc(-c4ccc5cc[nH]c5c4)cc3)CC2C1. The lowest BCUT2D eigenvalue weighted by Gasteiger charge is -2.21. The lowest BCUT2D eigenvalue weighted by Crippen LogP contribution is -2.35. The van der Waals surface area contributed by atoms with Crippen molar-refractivity contribution < 1.29 is 9.59 Å². The van der Waals surface area contributed by atoms with Crippen molar-refractivity contribution >= 4 is 22.7 Å². The topological polar surface area (TPSA) is 56.4 Å². The van der Waals surface area contributed by atoms with Gasteiger partial charge in [0.2, 0.25) is 5.91 Å². The van der Waals surface area contributed by atoms with Gasteiger partial charge in [-0.2, -0.15) is 0 Å². The summed E-state index contributed by atoms with van der Waals surface area (Å²) in [6.07, 6.45) is 2.50. The number of hydrogen-bond donors (Lipinski definition) is 1. The second-order valence-electron chi connectivity index (χ2n) is 8.24. The van der Waals surface area contributed by atoms with Gasteiger partial charge in [0.25, 0.3) is 5.91 Å². The molecule has 5 nitrogen and oxygen atoms in total. The molecule has 29 heavy (non-hydrogen) atoms. The maximum Gasteiger partial charge on any atom is 0.253 e. The Balaban J connectivity index is 1.27. The average Bonchev–Trinajstić information content (AvgIpc) is 3.46. The van der Waals surface area contributed by atoms with Crippen LogP contribution in [-0.4, -0.2) is 52.8 Å². The number of nitrogens with one attached hydrogen (secondary N) is 1. The Hall–Kier alpha value is -3.08. The summed E-state index contributed by atoms with van der Waals surface area (Å²) >= 11 is 0. The largest absolute Gasteiger partial charge is 0.361 e. The van der Waals surface area contributed by atoms with Crippen LogP contribution in [-0.2, 0) is 4.79 Å². The third-order valence-corrected chi connectivity index (χ3v) is 6.45. The summed E-state index contributed by atoms with van der Waals surface area (Å²) in [6.45, 7) is 5.00. The molecule has 2 amide bonds. The molecule has 1 N–H and O–H groups in total. The van der Waals surface area contributed by atoms with E-state index in [1.54, 1.807) is 0 Å². The van der Waals surface area contributed by atoms with Crippen LogP contribution in [0, 0.1) is 11.8 Å². The minimum Gasteiger partial charge on any atom is -0.361 e. The lowest BCUT2D eigenvalue weighted by atomic mass is 10.0. The summed E-state index contributed by atoms with van der Waals surface area (Å²) < 4.78 is 0. The minimum absolute atomic E-state index is 0.0964. The van der Waals surface area contributed by atoms with Crippen LogP contribution in [0.15, 0.2) is 54.7 Å². The summed E-state index contributed by atoms with van der Waals surface area (Å²) in [7, 11) is 0. The summed E-state index contributed by atoms with van der Waals surface area (Å²) in [4.78, 5) is 32.1. The van der Waals surface area contributed by atoms with Crippen molar-refractivity contribution in [1.82, 2.24) is 14.8 Å². The van der Waals surface area contributed by atoms with Gasteiger partial charge in [0.05, 0.1) is 0 Å². The van der Waals surface area contributed by atoms with E-state index in [1.807, 2.05) is 47.2 Å². The smallest absolute Gasteiger partial charge is 0.253 e. The molecule has 0 aliphatic carbocycles. The summed E-state index contributed by atoms with van der Waals surface area (Å²) in [5.74, 6) is 1.16. The van der Waals surface area contributed by atoms with Crippen molar-refractivity contribution in [2.75, 3.05) is 26.2 Å². The number of H-pyrrole nitrogens is 1. The van der Waals surface area contributed by atoms with Crippen molar-refractivity contribution in [3.8, 4) is 11.1 Å². The molecule has 2 fully saturated rings. The Morgan fingerprint density at radius 2 is 1.55 bits per heavy atom. The van der Waals surface area contributed by atoms with Crippen LogP contribution in [0.4, 0.5) is 0 Å². The number of carbonyl (C=O) groups excluding carboxylic acids is 2. The highest BCUT2D eigenvalue weighted by Crippen LogP contribution is 2.32. The van der Waals surface area contributed by atoms with Crippen molar-refractivity contribution in [2.45, 2.75) is 13.3 Å². The quantitative estimate of drug-likeness (QED) is 0.744. The Kier molecular flexibility index (Phi) is 4.38. The van der Waals surface area contributed by atoms with Crippen molar-refractivity contribution in [2.24, 2.45) is 11.8 Å². The fraction of sp³-hybridized carbons (Fsp3) is 0.333. The number of rotatable bonds is 3. The number of amides is 2. The highest BCUT2D eigenvalue weighted by atomic mass is 16.2. The van der Waals surface area contributed by atoms with Gasteiger partial charge in [0, 0.05) is 61.7 Å². The molecule has 0 bridgehead atoms. The Bertz CT molecular complexity index is 1060. The van der Waals surface area contributed by atoms with E-state index in [0.29, 0.717) is 18.3 Å². The number of fused-ring (bicyclic) bond motifs is 2. The predicted molar refractivity (Wildman–Crippen MR) is 113 cm³/mol. The fourth-order valence-electron chi connectivity index (χ4n) is 4.80. The predicted octanol–water partition coefficient (Wildman–Crippen LogP) is 3.78. The van der Waals surface area contributed by atoms with E-state index in [2.05, 4.69) is 29.2 Å². The van der Waals surface area contributed by atoms with Gasteiger partial charge in [-0.25, -0.2) is 0 Å². The van der Waals surface area contributed by atoms with E-state index >= 15 is 0 Å². The van der Waals surface area contributed by atoms with Crippen molar-refractivity contribution in [3.05, 3.63) is 60.3 Å². The molecule has 2 aromatic carbocycles. The van der Waals surface area contributed by atoms with E-state index in [1.165, 1.54) is 5.39 Å². The first kappa shape index (κ1) is 18.0. The van der Waals surface area contributed by atoms with Gasteiger partial charge in [0.15, 0.2) is 0 Å². The van der Waals surface area contributed by atoms with E-state index in [4.69, 9.17) is 0 Å². The number of carbonyl (C=O) groups is 2. The molecule has 2 unspecified atom stereocenters. The van der Waals surface area contributed by atoms with E-state index in [-0.39, 0.29) is 11.8 Å². The molecular weight excluding hydrogens is 362 g/mol. The third-order valence-electron chi connectivity index (χ3n) is 6.45. The van der Waals surface area contributed by atoms with Gasteiger partial charge in [-0.3, -0.25) is 9.59 Å². The second-order valence-corrected chi connectivity index (χ2v) is 8.24.